The SMILES string of the molecule is O=C1Cc2ccc(C(=O)NC3CCCNCC3)cc2N1. The van der Waals surface area contributed by atoms with Gasteiger partial charge in [-0.2, -0.15) is 0 Å². The van der Waals surface area contributed by atoms with Gasteiger partial charge < -0.3 is 16.0 Å². The van der Waals surface area contributed by atoms with Crippen LogP contribution < -0.4 is 16.0 Å². The van der Waals surface area contributed by atoms with Crippen LogP contribution in [-0.4, -0.2) is 30.9 Å². The van der Waals surface area contributed by atoms with E-state index < -0.39 is 0 Å². The number of rotatable bonds is 2. The van der Waals surface area contributed by atoms with Crippen molar-refractivity contribution >= 4 is 17.5 Å². The zero-order valence-electron chi connectivity index (χ0n) is 11.4. The molecular formula is C15H19N3O2. The first-order valence-corrected chi connectivity index (χ1v) is 7.17. The second-order valence-electron chi connectivity index (χ2n) is 5.45. The maximum atomic E-state index is 12.3. The second-order valence-corrected chi connectivity index (χ2v) is 5.45. The Kier molecular flexibility index (Phi) is 3.69. The highest BCUT2D eigenvalue weighted by Gasteiger charge is 2.20. The molecule has 20 heavy (non-hydrogen) atoms. The highest BCUT2D eigenvalue weighted by molar-refractivity contribution is 6.02. The average molecular weight is 273 g/mol. The Morgan fingerprint density at radius 3 is 3.05 bits per heavy atom. The van der Waals surface area contributed by atoms with Crippen molar-refractivity contribution in [2.24, 2.45) is 0 Å². The number of anilines is 1. The van der Waals surface area contributed by atoms with Gasteiger partial charge in [-0.3, -0.25) is 9.59 Å². The van der Waals surface area contributed by atoms with Crippen molar-refractivity contribution in [3.63, 3.8) is 0 Å². The highest BCUT2D eigenvalue weighted by Crippen LogP contribution is 2.24. The predicted octanol–water partition coefficient (Wildman–Crippen LogP) is 1.05. The van der Waals surface area contributed by atoms with Crippen LogP contribution >= 0.6 is 0 Å². The summed E-state index contributed by atoms with van der Waals surface area (Å²) in [5.74, 6) is -0.0618. The molecule has 1 unspecified atom stereocenters. The number of hydrogen-bond acceptors (Lipinski definition) is 3. The summed E-state index contributed by atoms with van der Waals surface area (Å²) in [7, 11) is 0. The maximum absolute atomic E-state index is 12.3. The number of nitrogens with one attached hydrogen (secondary N) is 3. The minimum absolute atomic E-state index is 0.00704. The van der Waals surface area contributed by atoms with Crippen LogP contribution in [0, 0.1) is 0 Å². The minimum Gasteiger partial charge on any atom is -0.349 e. The molecule has 2 aliphatic rings. The average Bonchev–Trinajstić information content (AvgIpc) is 2.62. The number of benzene rings is 1. The van der Waals surface area contributed by atoms with Crippen LogP contribution in [0.4, 0.5) is 5.69 Å². The molecule has 0 bridgehead atoms. The zero-order chi connectivity index (χ0) is 13.9. The van der Waals surface area contributed by atoms with Gasteiger partial charge in [0.25, 0.3) is 5.91 Å². The van der Waals surface area contributed by atoms with Crippen LogP contribution in [0.1, 0.15) is 35.2 Å². The van der Waals surface area contributed by atoms with Crippen LogP contribution in [0.15, 0.2) is 18.2 Å². The summed E-state index contributed by atoms with van der Waals surface area (Å²) in [6.07, 6.45) is 3.48. The van der Waals surface area contributed by atoms with Gasteiger partial charge in [0.1, 0.15) is 0 Å². The summed E-state index contributed by atoms with van der Waals surface area (Å²) in [4.78, 5) is 23.6. The van der Waals surface area contributed by atoms with Crippen molar-refractivity contribution in [2.75, 3.05) is 18.4 Å². The van der Waals surface area contributed by atoms with E-state index >= 15 is 0 Å². The molecule has 106 valence electrons. The van der Waals surface area contributed by atoms with Crippen LogP contribution in [0.25, 0.3) is 0 Å². The van der Waals surface area contributed by atoms with E-state index in [9.17, 15) is 9.59 Å². The van der Waals surface area contributed by atoms with Gasteiger partial charge in [-0.1, -0.05) is 6.07 Å². The second kappa shape index (κ2) is 5.63. The molecule has 0 saturated carbocycles. The first kappa shape index (κ1) is 13.1. The van der Waals surface area contributed by atoms with Crippen LogP contribution in [-0.2, 0) is 11.2 Å². The summed E-state index contributed by atoms with van der Waals surface area (Å²) in [5, 5.41) is 9.19. The Hall–Kier alpha value is -1.88. The fourth-order valence-electron chi connectivity index (χ4n) is 2.79. The summed E-state index contributed by atoms with van der Waals surface area (Å²) in [6, 6.07) is 5.66. The standard InChI is InChI=1S/C15H19N3O2/c19-14-9-10-3-4-11(8-13(10)18-14)15(20)17-12-2-1-6-16-7-5-12/h3-4,8,12,16H,1-2,5-7,9H2,(H,17,20)(H,18,19). The van der Waals surface area contributed by atoms with Gasteiger partial charge in [0.2, 0.25) is 5.91 Å². The molecule has 2 aliphatic heterocycles. The molecule has 1 aromatic carbocycles. The fraction of sp³-hybridized carbons (Fsp3) is 0.467. The third-order valence-corrected chi connectivity index (χ3v) is 3.91. The van der Waals surface area contributed by atoms with Crippen molar-refractivity contribution in [2.45, 2.75) is 31.7 Å². The lowest BCUT2D eigenvalue weighted by Crippen LogP contribution is -2.35. The molecule has 3 N–H and O–H groups in total. The Morgan fingerprint density at radius 2 is 2.15 bits per heavy atom. The lowest BCUT2D eigenvalue weighted by molar-refractivity contribution is -0.115. The predicted molar refractivity (Wildman–Crippen MR) is 76.8 cm³/mol. The summed E-state index contributed by atoms with van der Waals surface area (Å²) in [5.41, 5.74) is 2.35. The first-order valence-electron chi connectivity index (χ1n) is 7.17. The molecule has 1 aromatic rings. The maximum Gasteiger partial charge on any atom is 0.251 e. The molecule has 0 radical (unpaired) electrons. The quantitative estimate of drug-likeness (QED) is 0.754. The third kappa shape index (κ3) is 2.82. The largest absolute Gasteiger partial charge is 0.349 e. The van der Waals surface area contributed by atoms with Crippen molar-refractivity contribution in [3.8, 4) is 0 Å². The smallest absolute Gasteiger partial charge is 0.251 e. The van der Waals surface area contributed by atoms with Gasteiger partial charge in [0.05, 0.1) is 6.42 Å². The molecule has 1 atom stereocenters. The Bertz CT molecular complexity index is 534. The van der Waals surface area contributed by atoms with Crippen molar-refractivity contribution < 1.29 is 9.59 Å². The highest BCUT2D eigenvalue weighted by atomic mass is 16.2. The fourth-order valence-corrected chi connectivity index (χ4v) is 2.79. The Balaban J connectivity index is 1.68. The molecule has 3 rings (SSSR count). The number of fused-ring (bicyclic) bond motifs is 1. The topological polar surface area (TPSA) is 70.2 Å². The van der Waals surface area contributed by atoms with E-state index in [2.05, 4.69) is 16.0 Å². The lowest BCUT2D eigenvalue weighted by atomic mass is 10.1. The van der Waals surface area contributed by atoms with E-state index in [1.54, 1.807) is 12.1 Å². The molecule has 1 fully saturated rings. The van der Waals surface area contributed by atoms with E-state index in [0.29, 0.717) is 12.0 Å². The summed E-state index contributed by atoms with van der Waals surface area (Å²) < 4.78 is 0. The van der Waals surface area contributed by atoms with Gasteiger partial charge in [-0.15, -0.1) is 0 Å². The molecule has 0 spiro atoms. The van der Waals surface area contributed by atoms with E-state index in [1.165, 1.54) is 0 Å². The van der Waals surface area contributed by atoms with Crippen molar-refractivity contribution in [1.82, 2.24) is 10.6 Å². The summed E-state index contributed by atoms with van der Waals surface area (Å²) >= 11 is 0. The van der Waals surface area contributed by atoms with Crippen LogP contribution in [0.5, 0.6) is 0 Å². The monoisotopic (exact) mass is 273 g/mol. The van der Waals surface area contributed by atoms with E-state index in [1.807, 2.05) is 6.07 Å². The molecule has 0 aliphatic carbocycles. The van der Waals surface area contributed by atoms with E-state index in [-0.39, 0.29) is 17.9 Å². The minimum atomic E-state index is -0.0548. The molecule has 5 heteroatoms. The van der Waals surface area contributed by atoms with Crippen molar-refractivity contribution in [3.05, 3.63) is 29.3 Å². The summed E-state index contributed by atoms with van der Waals surface area (Å²) in [6.45, 7) is 1.97. The molecule has 5 nitrogen and oxygen atoms in total. The number of carbonyl (C=O) groups excluding carboxylic acids is 2. The number of hydrogen-bond donors (Lipinski definition) is 3. The van der Waals surface area contributed by atoms with Gasteiger partial charge in [-0.05, 0) is 50.0 Å². The first-order chi connectivity index (χ1) is 9.72. The zero-order valence-corrected chi connectivity index (χ0v) is 11.4. The molecular weight excluding hydrogens is 254 g/mol. The van der Waals surface area contributed by atoms with E-state index in [4.69, 9.17) is 0 Å². The number of carbonyl (C=O) groups is 2. The Labute approximate surface area is 118 Å². The van der Waals surface area contributed by atoms with Gasteiger partial charge in [0, 0.05) is 17.3 Å². The third-order valence-electron chi connectivity index (χ3n) is 3.91. The molecule has 1 saturated heterocycles. The molecule has 2 heterocycles. The lowest BCUT2D eigenvalue weighted by Gasteiger charge is -2.16. The molecule has 2 amide bonds. The van der Waals surface area contributed by atoms with Gasteiger partial charge in [0.15, 0.2) is 0 Å². The van der Waals surface area contributed by atoms with Gasteiger partial charge in [-0.25, -0.2) is 0 Å². The number of amides is 2. The van der Waals surface area contributed by atoms with Gasteiger partial charge >= 0.3 is 0 Å². The van der Waals surface area contributed by atoms with E-state index in [0.717, 1.165) is 43.6 Å². The van der Waals surface area contributed by atoms with Crippen LogP contribution in [0.2, 0.25) is 0 Å². The molecule has 0 aromatic heterocycles. The van der Waals surface area contributed by atoms with Crippen molar-refractivity contribution in [1.29, 1.82) is 0 Å². The van der Waals surface area contributed by atoms with Crippen LogP contribution in [0.3, 0.4) is 0 Å². The normalized spacial score (nSPS) is 21.8. The Morgan fingerprint density at radius 1 is 1.25 bits per heavy atom.